The van der Waals surface area contributed by atoms with Gasteiger partial charge >= 0.3 is 0 Å². The normalized spacial score (nSPS) is 28.8. The van der Waals surface area contributed by atoms with Crippen molar-refractivity contribution in [1.29, 1.82) is 0 Å². The fourth-order valence-corrected chi connectivity index (χ4v) is 3.75. The molecule has 6 nitrogen and oxygen atoms in total. The number of para-hydroxylation sites is 1. The zero-order chi connectivity index (χ0) is 16.2. The molecule has 0 aromatic heterocycles. The van der Waals surface area contributed by atoms with Crippen LogP contribution in [0.1, 0.15) is 11.1 Å². The summed E-state index contributed by atoms with van der Waals surface area (Å²) in [7, 11) is 0. The van der Waals surface area contributed by atoms with E-state index < -0.39 is 0 Å². The zero-order valence-corrected chi connectivity index (χ0v) is 14.3. The Morgan fingerprint density at radius 3 is 2.08 bits per heavy atom. The van der Waals surface area contributed by atoms with E-state index in [4.69, 9.17) is 14.2 Å². The highest BCUT2D eigenvalue weighted by Gasteiger charge is 2.30. The number of anilines is 1. The van der Waals surface area contributed by atoms with Gasteiger partial charge in [0.15, 0.2) is 0 Å². The first-order valence-corrected chi connectivity index (χ1v) is 9.00. The van der Waals surface area contributed by atoms with Crippen molar-refractivity contribution >= 4 is 5.69 Å². The van der Waals surface area contributed by atoms with Gasteiger partial charge in [0.1, 0.15) is 0 Å². The third-order valence-electron chi connectivity index (χ3n) is 4.97. The molecule has 3 aliphatic rings. The fraction of sp³-hybridized carbons (Fsp3) is 0.667. The largest absolute Gasteiger partial charge is 0.378 e. The van der Waals surface area contributed by atoms with Gasteiger partial charge in [0.2, 0.25) is 0 Å². The van der Waals surface area contributed by atoms with Gasteiger partial charge in [-0.2, -0.15) is 0 Å². The van der Waals surface area contributed by atoms with Crippen molar-refractivity contribution in [3.8, 4) is 0 Å². The van der Waals surface area contributed by atoms with Crippen LogP contribution in [0.4, 0.5) is 5.69 Å². The SMILES string of the molecule is c1cc2c3c(c1)CN1CCOCCOCCN(CCOCCN31)C2. The van der Waals surface area contributed by atoms with Crippen LogP contribution in [0.2, 0.25) is 0 Å². The second kappa shape index (κ2) is 7.80. The molecule has 3 aliphatic heterocycles. The summed E-state index contributed by atoms with van der Waals surface area (Å²) in [6.45, 7) is 9.97. The third-order valence-corrected chi connectivity index (χ3v) is 4.97. The number of hydrogen-bond acceptors (Lipinski definition) is 6. The van der Waals surface area contributed by atoms with Crippen molar-refractivity contribution in [2.45, 2.75) is 13.1 Å². The molecule has 3 heterocycles. The molecular weight excluding hydrogens is 306 g/mol. The molecule has 132 valence electrons. The summed E-state index contributed by atoms with van der Waals surface area (Å²) in [5.74, 6) is 0. The van der Waals surface area contributed by atoms with E-state index in [2.05, 4.69) is 33.1 Å². The van der Waals surface area contributed by atoms with Gasteiger partial charge in [-0.15, -0.1) is 0 Å². The van der Waals surface area contributed by atoms with E-state index in [1.54, 1.807) is 0 Å². The smallest absolute Gasteiger partial charge is 0.0701 e. The summed E-state index contributed by atoms with van der Waals surface area (Å²) < 4.78 is 17.3. The Bertz CT molecular complexity index is 554. The topological polar surface area (TPSA) is 37.4 Å². The highest BCUT2D eigenvalue weighted by atomic mass is 16.5. The second-order valence-corrected chi connectivity index (χ2v) is 6.55. The van der Waals surface area contributed by atoms with E-state index in [0.717, 1.165) is 65.7 Å². The molecule has 1 aromatic rings. The Kier molecular flexibility index (Phi) is 5.30. The number of rotatable bonds is 0. The molecule has 0 fully saturated rings. The standard InChI is InChI=1S/C18H27N3O3/c1-2-16-14-19-4-8-22-11-7-21-18(16)17(3-1)15-20(21)6-10-24-13-12-23-9-5-19/h1-3H,4-15H2. The van der Waals surface area contributed by atoms with Gasteiger partial charge in [-0.25, -0.2) is 5.01 Å². The van der Waals surface area contributed by atoms with E-state index in [9.17, 15) is 0 Å². The van der Waals surface area contributed by atoms with Crippen LogP contribution in [-0.4, -0.2) is 75.7 Å². The molecule has 2 atom stereocenters. The molecule has 0 aliphatic carbocycles. The lowest BCUT2D eigenvalue weighted by atomic mass is 10.1. The maximum Gasteiger partial charge on any atom is 0.0701 e. The third kappa shape index (κ3) is 3.58. The van der Waals surface area contributed by atoms with E-state index in [1.165, 1.54) is 16.8 Å². The molecule has 0 spiro atoms. The van der Waals surface area contributed by atoms with E-state index in [0.29, 0.717) is 13.2 Å². The number of hydrogen-bond donors (Lipinski definition) is 0. The van der Waals surface area contributed by atoms with E-state index in [-0.39, 0.29) is 0 Å². The molecule has 4 rings (SSSR count). The highest BCUT2D eigenvalue weighted by molar-refractivity contribution is 5.62. The number of nitrogens with zero attached hydrogens (tertiary/aromatic N) is 3. The summed E-state index contributed by atoms with van der Waals surface area (Å²) in [6, 6.07) is 6.72. The van der Waals surface area contributed by atoms with Crippen molar-refractivity contribution < 1.29 is 14.2 Å². The van der Waals surface area contributed by atoms with Gasteiger partial charge in [-0.3, -0.25) is 4.90 Å². The molecule has 1 aromatic carbocycles. The van der Waals surface area contributed by atoms with E-state index in [1.807, 2.05) is 0 Å². The first-order chi connectivity index (χ1) is 11.9. The first-order valence-electron chi connectivity index (χ1n) is 9.00. The van der Waals surface area contributed by atoms with Crippen molar-refractivity contribution in [2.24, 2.45) is 0 Å². The quantitative estimate of drug-likeness (QED) is 0.708. The Hall–Kier alpha value is -1.18. The highest BCUT2D eigenvalue weighted by Crippen LogP contribution is 2.35. The Morgan fingerprint density at radius 1 is 0.667 bits per heavy atom. The van der Waals surface area contributed by atoms with Crippen molar-refractivity contribution in [3.05, 3.63) is 29.3 Å². The minimum Gasteiger partial charge on any atom is -0.378 e. The van der Waals surface area contributed by atoms with Gasteiger partial charge in [0.25, 0.3) is 0 Å². The Labute approximate surface area is 143 Å². The van der Waals surface area contributed by atoms with Crippen molar-refractivity contribution in [3.63, 3.8) is 0 Å². The summed E-state index contributed by atoms with van der Waals surface area (Å²) >= 11 is 0. The first kappa shape index (κ1) is 16.3. The predicted octanol–water partition coefficient (Wildman–Crippen LogP) is 1.10. The van der Waals surface area contributed by atoms with Gasteiger partial charge in [-0.1, -0.05) is 18.2 Å². The molecular formula is C18H27N3O3. The lowest BCUT2D eigenvalue weighted by molar-refractivity contribution is 0.0202. The lowest BCUT2D eigenvalue weighted by Gasteiger charge is -2.33. The molecule has 4 bridgehead atoms. The summed E-state index contributed by atoms with van der Waals surface area (Å²) in [6.07, 6.45) is 0. The monoisotopic (exact) mass is 333 g/mol. The summed E-state index contributed by atoms with van der Waals surface area (Å²) in [4.78, 5) is 2.44. The minimum atomic E-state index is 0.674. The van der Waals surface area contributed by atoms with Crippen LogP contribution in [0.25, 0.3) is 0 Å². The molecule has 2 unspecified atom stereocenters. The van der Waals surface area contributed by atoms with Crippen LogP contribution >= 0.6 is 0 Å². The number of fused-ring (bicyclic) bond motifs is 1. The average Bonchev–Trinajstić information content (AvgIpc) is 2.94. The number of benzene rings is 1. The van der Waals surface area contributed by atoms with Gasteiger partial charge in [0.05, 0.1) is 51.9 Å². The molecule has 0 N–H and O–H groups in total. The molecule has 0 saturated heterocycles. The van der Waals surface area contributed by atoms with Gasteiger partial charge in [0, 0.05) is 32.7 Å². The van der Waals surface area contributed by atoms with Gasteiger partial charge < -0.3 is 19.2 Å². The van der Waals surface area contributed by atoms with Crippen LogP contribution in [0.5, 0.6) is 0 Å². The Balaban J connectivity index is 1.66. The maximum atomic E-state index is 5.88. The van der Waals surface area contributed by atoms with E-state index >= 15 is 0 Å². The van der Waals surface area contributed by atoms with Gasteiger partial charge in [-0.05, 0) is 11.1 Å². The molecule has 0 amide bonds. The van der Waals surface area contributed by atoms with Crippen molar-refractivity contribution in [2.75, 3.05) is 70.8 Å². The predicted molar refractivity (Wildman–Crippen MR) is 91.9 cm³/mol. The molecule has 6 heteroatoms. The fourth-order valence-electron chi connectivity index (χ4n) is 3.75. The minimum absolute atomic E-state index is 0.674. The van der Waals surface area contributed by atoms with Crippen LogP contribution in [0.15, 0.2) is 18.2 Å². The summed E-state index contributed by atoms with van der Waals surface area (Å²) in [5, 5.41) is 4.82. The molecule has 0 saturated carbocycles. The lowest BCUT2D eigenvalue weighted by Crippen LogP contribution is -2.43. The zero-order valence-electron chi connectivity index (χ0n) is 14.3. The number of ether oxygens (including phenoxy) is 3. The van der Waals surface area contributed by atoms with Crippen LogP contribution in [0.3, 0.4) is 0 Å². The van der Waals surface area contributed by atoms with Crippen LogP contribution < -0.4 is 5.01 Å². The summed E-state index contributed by atoms with van der Waals surface area (Å²) in [5.41, 5.74) is 4.21. The average molecular weight is 333 g/mol. The maximum absolute atomic E-state index is 5.88. The van der Waals surface area contributed by atoms with Crippen LogP contribution in [0, 0.1) is 0 Å². The van der Waals surface area contributed by atoms with Crippen molar-refractivity contribution in [1.82, 2.24) is 9.91 Å². The van der Waals surface area contributed by atoms with Crippen LogP contribution in [-0.2, 0) is 27.3 Å². The number of hydrazine groups is 1. The molecule has 0 radical (unpaired) electrons. The second-order valence-electron chi connectivity index (χ2n) is 6.55. The Morgan fingerprint density at radius 2 is 1.29 bits per heavy atom. The molecule has 24 heavy (non-hydrogen) atoms.